The normalized spacial score (nSPS) is 15.2. The molecule has 1 fully saturated rings. The van der Waals surface area contributed by atoms with Gasteiger partial charge in [0.05, 0.1) is 5.52 Å². The van der Waals surface area contributed by atoms with Crippen LogP contribution in [0.2, 0.25) is 0 Å². The number of hydrogen-bond acceptors (Lipinski definition) is 3. The zero-order chi connectivity index (χ0) is 11.0. The molecule has 1 amide bonds. The van der Waals surface area contributed by atoms with Crippen LogP contribution in [0.25, 0.3) is 11.0 Å². The fourth-order valence-corrected chi connectivity index (χ4v) is 1.67. The highest BCUT2D eigenvalue weighted by Crippen LogP contribution is 2.18. The van der Waals surface area contributed by atoms with Gasteiger partial charge in [0.1, 0.15) is 12.1 Å². The topological polar surface area (TPSA) is 59.8 Å². The largest absolute Gasteiger partial charge is 0.352 e. The van der Waals surface area contributed by atoms with Crippen molar-refractivity contribution in [2.45, 2.75) is 25.4 Å². The SMILES string of the molecule is O=C(Cn1nnc2ccccc21)NC1CC1. The van der Waals surface area contributed by atoms with Crippen molar-refractivity contribution in [1.82, 2.24) is 20.3 Å². The number of fused-ring (bicyclic) bond motifs is 1. The Labute approximate surface area is 92.4 Å². The third-order valence-corrected chi connectivity index (χ3v) is 2.66. The Bertz CT molecular complexity index is 530. The van der Waals surface area contributed by atoms with E-state index in [9.17, 15) is 4.79 Å². The summed E-state index contributed by atoms with van der Waals surface area (Å²) in [6, 6.07) is 8.02. The molecular formula is C11H12N4O. The first-order chi connectivity index (χ1) is 7.83. The standard InChI is InChI=1S/C11H12N4O/c16-11(12-8-5-6-8)7-15-10-4-2-1-3-9(10)13-14-15/h1-4,8H,5-7H2,(H,12,16). The molecule has 0 saturated heterocycles. The molecular weight excluding hydrogens is 204 g/mol. The van der Waals surface area contributed by atoms with Crippen molar-refractivity contribution in [3.63, 3.8) is 0 Å². The Hall–Kier alpha value is -1.91. The first kappa shape index (κ1) is 9.33. The van der Waals surface area contributed by atoms with E-state index in [1.165, 1.54) is 0 Å². The van der Waals surface area contributed by atoms with Crippen LogP contribution in [0.1, 0.15) is 12.8 Å². The highest BCUT2D eigenvalue weighted by molar-refractivity contribution is 5.80. The lowest BCUT2D eigenvalue weighted by atomic mass is 10.3. The molecule has 1 aliphatic carbocycles. The van der Waals surface area contributed by atoms with Crippen LogP contribution in [-0.2, 0) is 11.3 Å². The van der Waals surface area contributed by atoms with E-state index in [2.05, 4.69) is 15.6 Å². The predicted molar refractivity (Wildman–Crippen MR) is 58.7 cm³/mol. The summed E-state index contributed by atoms with van der Waals surface area (Å²) in [7, 11) is 0. The summed E-state index contributed by atoms with van der Waals surface area (Å²) in [5, 5.41) is 10.9. The van der Waals surface area contributed by atoms with Gasteiger partial charge in [-0.2, -0.15) is 0 Å². The third kappa shape index (κ3) is 1.76. The second-order valence-corrected chi connectivity index (χ2v) is 4.08. The van der Waals surface area contributed by atoms with E-state index in [4.69, 9.17) is 0 Å². The first-order valence-electron chi connectivity index (χ1n) is 5.40. The van der Waals surface area contributed by atoms with Crippen LogP contribution in [0.5, 0.6) is 0 Å². The molecule has 0 radical (unpaired) electrons. The molecule has 82 valence electrons. The minimum atomic E-state index is 0.0122. The zero-order valence-electron chi connectivity index (χ0n) is 8.76. The number of carbonyl (C=O) groups excluding carboxylic acids is 1. The van der Waals surface area contributed by atoms with Crippen molar-refractivity contribution in [2.75, 3.05) is 0 Å². The minimum Gasteiger partial charge on any atom is -0.352 e. The number of hydrogen-bond donors (Lipinski definition) is 1. The lowest BCUT2D eigenvalue weighted by Gasteiger charge is -2.03. The van der Waals surface area contributed by atoms with Crippen LogP contribution in [-0.4, -0.2) is 26.9 Å². The molecule has 1 heterocycles. The van der Waals surface area contributed by atoms with E-state index in [-0.39, 0.29) is 12.5 Å². The molecule has 1 aromatic heterocycles. The Morgan fingerprint density at radius 3 is 3.06 bits per heavy atom. The second kappa shape index (κ2) is 3.59. The molecule has 3 rings (SSSR count). The summed E-state index contributed by atoms with van der Waals surface area (Å²) in [5.41, 5.74) is 1.72. The average Bonchev–Trinajstić information content (AvgIpc) is 3.00. The number of aromatic nitrogens is 3. The van der Waals surface area contributed by atoms with E-state index in [1.807, 2.05) is 24.3 Å². The van der Waals surface area contributed by atoms with Crippen molar-refractivity contribution in [3.05, 3.63) is 24.3 Å². The van der Waals surface area contributed by atoms with Gasteiger partial charge >= 0.3 is 0 Å². The molecule has 0 bridgehead atoms. The molecule has 0 spiro atoms. The summed E-state index contributed by atoms with van der Waals surface area (Å²) in [4.78, 5) is 11.6. The van der Waals surface area contributed by atoms with Gasteiger partial charge in [-0.25, -0.2) is 4.68 Å². The predicted octanol–water partition coefficient (Wildman–Crippen LogP) is 0.710. The highest BCUT2D eigenvalue weighted by atomic mass is 16.2. The maximum Gasteiger partial charge on any atom is 0.242 e. The summed E-state index contributed by atoms with van der Waals surface area (Å²) >= 11 is 0. The lowest BCUT2D eigenvalue weighted by molar-refractivity contribution is -0.121. The zero-order valence-corrected chi connectivity index (χ0v) is 8.76. The summed E-state index contributed by atoms with van der Waals surface area (Å²) in [6.07, 6.45) is 2.20. The quantitative estimate of drug-likeness (QED) is 0.822. The third-order valence-electron chi connectivity index (χ3n) is 2.66. The number of benzene rings is 1. The number of amides is 1. The molecule has 0 aliphatic heterocycles. The highest BCUT2D eigenvalue weighted by Gasteiger charge is 2.23. The van der Waals surface area contributed by atoms with Gasteiger partial charge in [-0.3, -0.25) is 4.79 Å². The van der Waals surface area contributed by atoms with E-state index < -0.39 is 0 Å². The molecule has 5 nitrogen and oxygen atoms in total. The van der Waals surface area contributed by atoms with Crippen LogP contribution in [0.4, 0.5) is 0 Å². The molecule has 1 aliphatic rings. The van der Waals surface area contributed by atoms with Gasteiger partial charge in [-0.1, -0.05) is 17.3 Å². The number of carbonyl (C=O) groups is 1. The monoisotopic (exact) mass is 216 g/mol. The van der Waals surface area contributed by atoms with Crippen LogP contribution in [0, 0.1) is 0 Å². The maximum atomic E-state index is 11.6. The number of para-hydroxylation sites is 1. The molecule has 1 N–H and O–H groups in total. The number of rotatable bonds is 3. The van der Waals surface area contributed by atoms with Gasteiger partial charge in [0.15, 0.2) is 0 Å². The van der Waals surface area contributed by atoms with Crippen LogP contribution in [0.3, 0.4) is 0 Å². The van der Waals surface area contributed by atoms with Crippen molar-refractivity contribution >= 4 is 16.9 Å². The van der Waals surface area contributed by atoms with E-state index in [0.717, 1.165) is 23.9 Å². The van der Waals surface area contributed by atoms with Crippen molar-refractivity contribution < 1.29 is 4.79 Å². The summed E-state index contributed by atoms with van der Waals surface area (Å²) < 4.78 is 1.63. The van der Waals surface area contributed by atoms with Crippen molar-refractivity contribution in [1.29, 1.82) is 0 Å². The Morgan fingerprint density at radius 2 is 2.25 bits per heavy atom. The van der Waals surface area contributed by atoms with Crippen LogP contribution < -0.4 is 5.32 Å². The summed E-state index contributed by atoms with van der Waals surface area (Å²) in [6.45, 7) is 0.247. The Balaban J connectivity index is 1.80. The molecule has 16 heavy (non-hydrogen) atoms. The van der Waals surface area contributed by atoms with E-state index in [1.54, 1.807) is 4.68 Å². The van der Waals surface area contributed by atoms with Gasteiger partial charge < -0.3 is 5.32 Å². The Morgan fingerprint density at radius 1 is 1.44 bits per heavy atom. The molecule has 2 aromatic rings. The molecule has 0 atom stereocenters. The van der Waals surface area contributed by atoms with Gasteiger partial charge in [0.2, 0.25) is 5.91 Å². The van der Waals surface area contributed by atoms with E-state index >= 15 is 0 Å². The minimum absolute atomic E-state index is 0.0122. The molecule has 5 heteroatoms. The smallest absolute Gasteiger partial charge is 0.242 e. The van der Waals surface area contributed by atoms with Gasteiger partial charge in [0.25, 0.3) is 0 Å². The number of nitrogens with zero attached hydrogens (tertiary/aromatic N) is 3. The van der Waals surface area contributed by atoms with Crippen molar-refractivity contribution in [2.24, 2.45) is 0 Å². The Kier molecular flexibility index (Phi) is 2.09. The number of nitrogens with one attached hydrogen (secondary N) is 1. The van der Waals surface area contributed by atoms with Gasteiger partial charge in [-0.05, 0) is 25.0 Å². The molecule has 1 aromatic carbocycles. The van der Waals surface area contributed by atoms with Gasteiger partial charge in [0, 0.05) is 6.04 Å². The average molecular weight is 216 g/mol. The fraction of sp³-hybridized carbons (Fsp3) is 0.364. The molecule has 1 saturated carbocycles. The fourth-order valence-electron chi connectivity index (χ4n) is 1.67. The first-order valence-corrected chi connectivity index (χ1v) is 5.40. The lowest BCUT2D eigenvalue weighted by Crippen LogP contribution is -2.29. The molecule has 0 unspecified atom stereocenters. The summed E-state index contributed by atoms with van der Waals surface area (Å²) in [5.74, 6) is 0.0122. The van der Waals surface area contributed by atoms with E-state index in [0.29, 0.717) is 6.04 Å². The van der Waals surface area contributed by atoms with Crippen LogP contribution in [0.15, 0.2) is 24.3 Å². The van der Waals surface area contributed by atoms with Gasteiger partial charge in [-0.15, -0.1) is 5.10 Å². The second-order valence-electron chi connectivity index (χ2n) is 4.08. The van der Waals surface area contributed by atoms with Crippen molar-refractivity contribution in [3.8, 4) is 0 Å². The van der Waals surface area contributed by atoms with Crippen LogP contribution >= 0.6 is 0 Å². The maximum absolute atomic E-state index is 11.6.